The van der Waals surface area contributed by atoms with Crippen molar-refractivity contribution in [3.63, 3.8) is 0 Å². The Balaban J connectivity index is 1.42. The Hall–Kier alpha value is -2.09. The van der Waals surface area contributed by atoms with Crippen molar-refractivity contribution >= 4 is 23.1 Å². The molecule has 2 aromatic heterocycles. The Bertz CT molecular complexity index is 638. The van der Waals surface area contributed by atoms with Crippen LogP contribution in [0, 0.1) is 12.8 Å². The third kappa shape index (κ3) is 4.44. The molecular formula is C15H20N6OS. The van der Waals surface area contributed by atoms with E-state index in [0.717, 1.165) is 41.5 Å². The molecule has 0 spiro atoms. The van der Waals surface area contributed by atoms with Gasteiger partial charge in [0.25, 0.3) is 0 Å². The zero-order valence-electron chi connectivity index (χ0n) is 13.0. The predicted molar refractivity (Wildman–Crippen MR) is 87.9 cm³/mol. The summed E-state index contributed by atoms with van der Waals surface area (Å²) in [6.07, 6.45) is 8.77. The highest BCUT2D eigenvalue weighted by molar-refractivity contribution is 7.11. The summed E-state index contributed by atoms with van der Waals surface area (Å²) in [6.45, 7) is 2.39. The number of carbonyl (C=O) groups is 1. The van der Waals surface area contributed by atoms with Crippen LogP contribution < -0.4 is 10.6 Å². The number of aromatic nitrogens is 4. The van der Waals surface area contributed by atoms with Crippen LogP contribution in [0.5, 0.6) is 0 Å². The van der Waals surface area contributed by atoms with Gasteiger partial charge < -0.3 is 10.6 Å². The summed E-state index contributed by atoms with van der Waals surface area (Å²) in [5.41, 5.74) is 0. The first-order valence-corrected chi connectivity index (χ1v) is 8.61. The predicted octanol–water partition coefficient (Wildman–Crippen LogP) is 1.92. The Labute approximate surface area is 139 Å². The number of amides is 1. The van der Waals surface area contributed by atoms with Crippen molar-refractivity contribution in [1.29, 1.82) is 0 Å². The molecule has 0 aliphatic heterocycles. The topological polar surface area (TPSA) is 92.7 Å². The fraction of sp³-hybridized carbons (Fsp3) is 0.533. The molecule has 2 heterocycles. The zero-order chi connectivity index (χ0) is 16.1. The van der Waals surface area contributed by atoms with Crippen LogP contribution in [0.4, 0.5) is 5.82 Å². The maximum atomic E-state index is 12.2. The van der Waals surface area contributed by atoms with E-state index >= 15 is 0 Å². The van der Waals surface area contributed by atoms with Crippen LogP contribution in [-0.4, -0.2) is 32.1 Å². The van der Waals surface area contributed by atoms with Gasteiger partial charge in [-0.3, -0.25) is 9.78 Å². The van der Waals surface area contributed by atoms with Crippen LogP contribution in [0.25, 0.3) is 0 Å². The number of hydrogen-bond acceptors (Lipinski definition) is 7. The Morgan fingerprint density at radius 2 is 2.09 bits per heavy atom. The molecule has 0 aromatic carbocycles. The van der Waals surface area contributed by atoms with E-state index in [1.165, 1.54) is 11.3 Å². The van der Waals surface area contributed by atoms with E-state index in [2.05, 4.69) is 30.8 Å². The van der Waals surface area contributed by atoms with Gasteiger partial charge in [-0.2, -0.15) is 0 Å². The molecule has 122 valence electrons. The van der Waals surface area contributed by atoms with Crippen LogP contribution in [-0.2, 0) is 11.3 Å². The van der Waals surface area contributed by atoms with E-state index in [1.54, 1.807) is 18.6 Å². The second-order valence-corrected chi connectivity index (χ2v) is 6.98. The maximum absolute atomic E-state index is 12.2. The molecule has 1 saturated carbocycles. The van der Waals surface area contributed by atoms with Crippen molar-refractivity contribution in [3.8, 4) is 0 Å². The first-order chi connectivity index (χ1) is 11.2. The van der Waals surface area contributed by atoms with Gasteiger partial charge in [0.05, 0.1) is 12.7 Å². The van der Waals surface area contributed by atoms with Crippen LogP contribution in [0.2, 0.25) is 0 Å². The maximum Gasteiger partial charge on any atom is 0.223 e. The molecule has 3 rings (SSSR count). The quantitative estimate of drug-likeness (QED) is 0.869. The standard InChI is InChI=1S/C15H20N6OS/c1-10-20-21-14(23-10)9-18-15(22)11-2-4-12(5-3-11)19-13-8-16-6-7-17-13/h6-8,11-12H,2-5,9H2,1H3,(H,17,19)(H,18,22). The highest BCUT2D eigenvalue weighted by Crippen LogP contribution is 2.26. The van der Waals surface area contributed by atoms with Crippen molar-refractivity contribution in [2.45, 2.75) is 45.2 Å². The van der Waals surface area contributed by atoms with Gasteiger partial charge in [0.15, 0.2) is 0 Å². The third-order valence-corrected chi connectivity index (χ3v) is 4.83. The minimum Gasteiger partial charge on any atom is -0.366 e. The van der Waals surface area contributed by atoms with E-state index in [0.29, 0.717) is 12.6 Å². The van der Waals surface area contributed by atoms with Crippen molar-refractivity contribution in [1.82, 2.24) is 25.5 Å². The van der Waals surface area contributed by atoms with Crippen LogP contribution >= 0.6 is 11.3 Å². The molecule has 0 unspecified atom stereocenters. The van der Waals surface area contributed by atoms with Crippen LogP contribution in [0.15, 0.2) is 18.6 Å². The van der Waals surface area contributed by atoms with Gasteiger partial charge in [-0.25, -0.2) is 4.98 Å². The van der Waals surface area contributed by atoms with Gasteiger partial charge in [-0.15, -0.1) is 10.2 Å². The fourth-order valence-electron chi connectivity index (χ4n) is 2.80. The second kappa shape index (κ2) is 7.45. The molecule has 0 atom stereocenters. The largest absolute Gasteiger partial charge is 0.366 e. The third-order valence-electron chi connectivity index (χ3n) is 3.99. The second-order valence-electron chi connectivity index (χ2n) is 5.72. The van der Waals surface area contributed by atoms with Crippen molar-refractivity contribution in [3.05, 3.63) is 28.6 Å². The molecule has 2 aromatic rings. The molecule has 2 N–H and O–H groups in total. The van der Waals surface area contributed by atoms with Crippen molar-refractivity contribution in [2.75, 3.05) is 5.32 Å². The number of nitrogens with one attached hydrogen (secondary N) is 2. The number of rotatable bonds is 5. The normalized spacial score (nSPS) is 20.9. The molecule has 1 aliphatic carbocycles. The van der Waals surface area contributed by atoms with Gasteiger partial charge in [-0.05, 0) is 32.6 Å². The number of aryl methyl sites for hydroxylation is 1. The Morgan fingerprint density at radius 1 is 1.26 bits per heavy atom. The van der Waals surface area contributed by atoms with Gasteiger partial charge in [0.1, 0.15) is 15.8 Å². The lowest BCUT2D eigenvalue weighted by molar-refractivity contribution is -0.126. The van der Waals surface area contributed by atoms with Gasteiger partial charge >= 0.3 is 0 Å². The Kier molecular flexibility index (Phi) is 5.12. The van der Waals surface area contributed by atoms with E-state index in [-0.39, 0.29) is 11.8 Å². The lowest BCUT2D eigenvalue weighted by atomic mass is 9.85. The smallest absolute Gasteiger partial charge is 0.223 e. The number of carbonyl (C=O) groups excluding carboxylic acids is 1. The highest BCUT2D eigenvalue weighted by Gasteiger charge is 2.26. The monoisotopic (exact) mass is 332 g/mol. The fourth-order valence-corrected chi connectivity index (χ4v) is 3.45. The first kappa shape index (κ1) is 15.8. The molecule has 23 heavy (non-hydrogen) atoms. The summed E-state index contributed by atoms with van der Waals surface area (Å²) < 4.78 is 0. The van der Waals surface area contributed by atoms with E-state index in [1.807, 2.05) is 6.92 Å². The number of anilines is 1. The number of hydrogen-bond donors (Lipinski definition) is 2. The summed E-state index contributed by atoms with van der Waals surface area (Å²) in [5.74, 6) is 1.01. The molecule has 0 bridgehead atoms. The summed E-state index contributed by atoms with van der Waals surface area (Å²) in [5, 5.41) is 16.1. The SMILES string of the molecule is Cc1nnc(CNC(=O)C2CCC(Nc3cnccn3)CC2)s1. The molecule has 7 nitrogen and oxygen atoms in total. The molecule has 1 amide bonds. The molecule has 1 fully saturated rings. The minimum absolute atomic E-state index is 0.0870. The summed E-state index contributed by atoms with van der Waals surface area (Å²) in [7, 11) is 0. The summed E-state index contributed by atoms with van der Waals surface area (Å²) >= 11 is 1.52. The molecule has 8 heteroatoms. The van der Waals surface area contributed by atoms with Gasteiger partial charge in [0.2, 0.25) is 5.91 Å². The average Bonchev–Trinajstić information content (AvgIpc) is 3.00. The van der Waals surface area contributed by atoms with Gasteiger partial charge in [-0.1, -0.05) is 11.3 Å². The molecule has 0 saturated heterocycles. The molecular weight excluding hydrogens is 312 g/mol. The minimum atomic E-state index is 0.0870. The molecule has 0 radical (unpaired) electrons. The number of nitrogens with zero attached hydrogens (tertiary/aromatic N) is 4. The van der Waals surface area contributed by atoms with Crippen LogP contribution in [0.1, 0.15) is 35.7 Å². The lowest BCUT2D eigenvalue weighted by Gasteiger charge is -2.28. The van der Waals surface area contributed by atoms with Crippen molar-refractivity contribution in [2.24, 2.45) is 5.92 Å². The van der Waals surface area contributed by atoms with Gasteiger partial charge in [0, 0.05) is 24.4 Å². The summed E-state index contributed by atoms with van der Waals surface area (Å²) in [6, 6.07) is 0.363. The molecule has 1 aliphatic rings. The summed E-state index contributed by atoms with van der Waals surface area (Å²) in [4.78, 5) is 20.5. The van der Waals surface area contributed by atoms with Crippen molar-refractivity contribution < 1.29 is 4.79 Å². The van der Waals surface area contributed by atoms with E-state index < -0.39 is 0 Å². The average molecular weight is 332 g/mol. The van der Waals surface area contributed by atoms with Crippen LogP contribution in [0.3, 0.4) is 0 Å². The Morgan fingerprint density at radius 3 is 2.74 bits per heavy atom. The lowest BCUT2D eigenvalue weighted by Crippen LogP contribution is -2.35. The first-order valence-electron chi connectivity index (χ1n) is 7.80. The highest BCUT2D eigenvalue weighted by atomic mass is 32.1. The van der Waals surface area contributed by atoms with E-state index in [4.69, 9.17) is 0 Å². The zero-order valence-corrected chi connectivity index (χ0v) is 13.8. The van der Waals surface area contributed by atoms with E-state index in [9.17, 15) is 4.79 Å².